The van der Waals surface area contributed by atoms with Crippen molar-refractivity contribution in [2.75, 3.05) is 6.61 Å². The van der Waals surface area contributed by atoms with Gasteiger partial charge in [0.25, 0.3) is 0 Å². The molecule has 0 radical (unpaired) electrons. The molecule has 0 bridgehead atoms. The van der Waals surface area contributed by atoms with Crippen molar-refractivity contribution in [1.29, 1.82) is 0 Å². The molecule has 0 amide bonds. The van der Waals surface area contributed by atoms with Gasteiger partial charge in [-0.15, -0.1) is 0 Å². The maximum Gasteiger partial charge on any atom is 0.339 e. The minimum atomic E-state index is -4.34. The molecule has 0 aliphatic rings. The molecular weight excluding hydrogens is 480 g/mol. The van der Waals surface area contributed by atoms with Crippen LogP contribution in [0, 0.1) is 20.8 Å². The minimum Gasteiger partial charge on any atom is -0.493 e. The van der Waals surface area contributed by atoms with Crippen LogP contribution in [0.4, 0.5) is 0 Å². The molecule has 0 unspecified atom stereocenters. The first-order valence-corrected chi connectivity index (χ1v) is 13.1. The van der Waals surface area contributed by atoms with Gasteiger partial charge in [0, 0.05) is 11.6 Å². The number of hydrogen-bond donors (Lipinski definition) is 0. The van der Waals surface area contributed by atoms with Gasteiger partial charge in [0.05, 0.1) is 6.61 Å². The summed E-state index contributed by atoms with van der Waals surface area (Å²) >= 11 is 0. The molecule has 0 saturated carbocycles. The summed E-state index contributed by atoms with van der Waals surface area (Å²) in [6.07, 6.45) is 0.385. The van der Waals surface area contributed by atoms with Gasteiger partial charge < -0.3 is 13.1 Å². The van der Waals surface area contributed by atoms with Gasteiger partial charge in [-0.1, -0.05) is 35.4 Å². The van der Waals surface area contributed by atoms with Crippen LogP contribution in [0.5, 0.6) is 17.2 Å². The summed E-state index contributed by atoms with van der Waals surface area (Å²) in [6, 6.07) is 13.0. The number of rotatable bonds is 9. The first-order valence-electron chi connectivity index (χ1n) is 10.3. The van der Waals surface area contributed by atoms with E-state index in [9.17, 15) is 21.6 Å². The monoisotopic (exact) mass is 504 g/mol. The summed E-state index contributed by atoms with van der Waals surface area (Å²) in [5.41, 5.74) is 1.72. The molecule has 3 aromatic carbocycles. The summed E-state index contributed by atoms with van der Waals surface area (Å²) in [7, 11) is -8.61. The lowest BCUT2D eigenvalue weighted by atomic mass is 10.1. The van der Waals surface area contributed by atoms with Crippen molar-refractivity contribution in [3.8, 4) is 17.2 Å². The molecule has 0 atom stereocenters. The third kappa shape index (κ3) is 5.40. The SMILES string of the molecule is CCOc1c(C)c(OS(=O)(=O)c2ccc(C)cc2)cc(OS(=O)(=O)c2ccc(C)cc2)c1C=O. The summed E-state index contributed by atoms with van der Waals surface area (Å²) in [4.78, 5) is 11.6. The van der Waals surface area contributed by atoms with Gasteiger partial charge in [-0.25, -0.2) is 0 Å². The average molecular weight is 505 g/mol. The number of hydrogen-bond acceptors (Lipinski definition) is 8. The van der Waals surface area contributed by atoms with Crippen molar-refractivity contribution in [1.82, 2.24) is 0 Å². The van der Waals surface area contributed by atoms with Crippen LogP contribution >= 0.6 is 0 Å². The number of carbonyl (C=O) groups excluding carboxylic acids is 1. The van der Waals surface area contributed by atoms with Crippen LogP contribution in [0.2, 0.25) is 0 Å². The van der Waals surface area contributed by atoms with Crippen molar-refractivity contribution in [2.24, 2.45) is 0 Å². The van der Waals surface area contributed by atoms with Crippen LogP contribution in [0.3, 0.4) is 0 Å². The Morgan fingerprint density at radius 1 is 0.735 bits per heavy atom. The van der Waals surface area contributed by atoms with E-state index < -0.39 is 26.0 Å². The van der Waals surface area contributed by atoms with Gasteiger partial charge >= 0.3 is 20.2 Å². The van der Waals surface area contributed by atoms with E-state index in [1.54, 1.807) is 38.1 Å². The number of aryl methyl sites for hydroxylation is 2. The highest BCUT2D eigenvalue weighted by molar-refractivity contribution is 7.87. The Balaban J connectivity index is 2.12. The van der Waals surface area contributed by atoms with Crippen LogP contribution in [-0.4, -0.2) is 29.7 Å². The fraction of sp³-hybridized carbons (Fsp3) is 0.208. The van der Waals surface area contributed by atoms with Gasteiger partial charge in [0.1, 0.15) is 21.1 Å². The third-order valence-corrected chi connectivity index (χ3v) is 7.40. The highest BCUT2D eigenvalue weighted by atomic mass is 32.2. The Kier molecular flexibility index (Phi) is 7.32. The molecule has 0 saturated heterocycles. The Labute approximate surface area is 199 Å². The van der Waals surface area contributed by atoms with Crippen LogP contribution < -0.4 is 13.1 Å². The van der Waals surface area contributed by atoms with Crippen molar-refractivity contribution < 1.29 is 34.7 Å². The maximum atomic E-state index is 12.8. The Bertz CT molecular complexity index is 1410. The van der Waals surface area contributed by atoms with Gasteiger partial charge in [-0.3, -0.25) is 4.79 Å². The smallest absolute Gasteiger partial charge is 0.339 e. The third-order valence-electron chi connectivity index (χ3n) is 4.91. The second-order valence-corrected chi connectivity index (χ2v) is 10.6. The second kappa shape index (κ2) is 9.86. The fourth-order valence-electron chi connectivity index (χ4n) is 3.07. The van der Waals surface area contributed by atoms with Gasteiger partial charge in [0.15, 0.2) is 17.8 Å². The highest BCUT2D eigenvalue weighted by Crippen LogP contribution is 2.40. The first-order chi connectivity index (χ1) is 16.0. The summed E-state index contributed by atoms with van der Waals surface area (Å²) in [6.45, 7) is 6.89. The predicted octanol–water partition coefficient (Wildman–Crippen LogP) is 4.36. The summed E-state index contributed by atoms with van der Waals surface area (Å²) in [5.74, 6) is -0.689. The van der Waals surface area contributed by atoms with Crippen LogP contribution in [-0.2, 0) is 20.2 Å². The molecule has 3 aromatic rings. The molecule has 8 nitrogen and oxygen atoms in total. The van der Waals surface area contributed by atoms with Crippen molar-refractivity contribution >= 4 is 26.5 Å². The number of carbonyl (C=O) groups is 1. The quantitative estimate of drug-likeness (QED) is 0.312. The van der Waals surface area contributed by atoms with Crippen LogP contribution in [0.1, 0.15) is 34.0 Å². The molecule has 0 aromatic heterocycles. The standard InChI is InChI=1S/C24H24O8S2/c1-5-30-24-18(4)22(31-33(26,27)19-10-6-16(2)7-11-19)14-23(21(24)15-25)32-34(28,29)20-12-8-17(3)9-13-20/h6-15H,5H2,1-4H3. The van der Waals surface area contributed by atoms with Gasteiger partial charge in [0.2, 0.25) is 0 Å². The van der Waals surface area contributed by atoms with Crippen LogP contribution in [0.15, 0.2) is 64.4 Å². The van der Waals surface area contributed by atoms with Crippen molar-refractivity contribution in [3.63, 3.8) is 0 Å². The van der Waals surface area contributed by atoms with Gasteiger partial charge in [-0.05, 0) is 52.0 Å². The maximum absolute atomic E-state index is 12.8. The van der Waals surface area contributed by atoms with E-state index in [1.807, 2.05) is 6.92 Å². The predicted molar refractivity (Wildman–Crippen MR) is 126 cm³/mol. The van der Waals surface area contributed by atoms with E-state index in [0.29, 0.717) is 6.29 Å². The van der Waals surface area contributed by atoms with E-state index in [0.717, 1.165) is 17.2 Å². The average Bonchev–Trinajstić information content (AvgIpc) is 2.77. The van der Waals surface area contributed by atoms with E-state index in [4.69, 9.17) is 13.1 Å². The lowest BCUT2D eigenvalue weighted by Crippen LogP contribution is -2.14. The zero-order chi connectivity index (χ0) is 25.1. The Hall–Kier alpha value is -3.37. The van der Waals surface area contributed by atoms with E-state index in [2.05, 4.69) is 0 Å². The molecule has 10 heteroatoms. The van der Waals surface area contributed by atoms with Crippen molar-refractivity contribution in [2.45, 2.75) is 37.5 Å². The molecular formula is C24H24O8S2. The number of benzene rings is 3. The molecule has 0 fully saturated rings. The largest absolute Gasteiger partial charge is 0.493 e. The molecule has 34 heavy (non-hydrogen) atoms. The van der Waals surface area contributed by atoms with Crippen LogP contribution in [0.25, 0.3) is 0 Å². The van der Waals surface area contributed by atoms with E-state index in [-0.39, 0.29) is 39.0 Å². The van der Waals surface area contributed by atoms with Gasteiger partial charge in [-0.2, -0.15) is 16.8 Å². The molecule has 0 aliphatic carbocycles. The normalized spacial score (nSPS) is 11.6. The molecule has 0 heterocycles. The molecule has 3 rings (SSSR count). The van der Waals surface area contributed by atoms with Crippen molar-refractivity contribution in [3.05, 3.63) is 76.9 Å². The summed E-state index contributed by atoms with van der Waals surface area (Å²) < 4.78 is 67.5. The highest BCUT2D eigenvalue weighted by Gasteiger charge is 2.27. The first kappa shape index (κ1) is 25.3. The van der Waals surface area contributed by atoms with E-state index in [1.165, 1.54) is 31.2 Å². The van der Waals surface area contributed by atoms with E-state index >= 15 is 0 Å². The molecule has 180 valence electrons. The zero-order valence-electron chi connectivity index (χ0n) is 19.1. The lowest BCUT2D eigenvalue weighted by Gasteiger charge is -2.18. The Morgan fingerprint density at radius 2 is 1.18 bits per heavy atom. The number of aldehydes is 1. The summed E-state index contributed by atoms with van der Waals surface area (Å²) in [5, 5.41) is 0. The topological polar surface area (TPSA) is 113 Å². The second-order valence-electron chi connectivity index (χ2n) is 7.49. The minimum absolute atomic E-state index is 0.0387. The fourth-order valence-corrected chi connectivity index (χ4v) is 4.99. The zero-order valence-corrected chi connectivity index (χ0v) is 20.7. The Morgan fingerprint density at radius 3 is 1.59 bits per heavy atom. The number of ether oxygens (including phenoxy) is 1. The molecule has 0 N–H and O–H groups in total. The molecule has 0 aliphatic heterocycles. The molecule has 0 spiro atoms. The lowest BCUT2D eigenvalue weighted by molar-refractivity contribution is 0.111.